The number of hydrogen-bond donors (Lipinski definition) is 3. The van der Waals surface area contributed by atoms with Crippen LogP contribution in [0.3, 0.4) is 0 Å². The molecule has 0 atom stereocenters. The zero-order valence-electron chi connectivity index (χ0n) is 12.5. The molecule has 2 aromatic carbocycles. The van der Waals surface area contributed by atoms with Gasteiger partial charge in [0.05, 0.1) is 24.4 Å². The first-order valence-electron chi connectivity index (χ1n) is 7.36. The number of carbonyl (C=O) groups is 1. The zero-order chi connectivity index (χ0) is 16.1. The topological polar surface area (TPSA) is 70.6 Å². The third-order valence-corrected chi connectivity index (χ3v) is 4.66. The smallest absolute Gasteiger partial charge is 0.308 e. The number of rotatable bonds is 7. The predicted molar refractivity (Wildman–Crippen MR) is 93.1 cm³/mol. The Morgan fingerprint density at radius 2 is 1.65 bits per heavy atom. The normalized spacial score (nSPS) is 14.4. The number of anilines is 2. The van der Waals surface area contributed by atoms with Crippen LogP contribution in [0.4, 0.5) is 11.4 Å². The first kappa shape index (κ1) is 15.6. The molecule has 0 aliphatic carbocycles. The maximum atomic E-state index is 11.2. The number of carboxylic acid groups (broad SMARTS) is 1. The van der Waals surface area contributed by atoms with Gasteiger partial charge in [-0.15, -0.1) is 11.8 Å². The number of benzene rings is 2. The van der Waals surface area contributed by atoms with E-state index in [1.165, 1.54) is 11.8 Å². The van der Waals surface area contributed by atoms with E-state index in [2.05, 4.69) is 10.6 Å². The van der Waals surface area contributed by atoms with E-state index < -0.39 is 11.0 Å². The molecular weight excluding hydrogens is 312 g/mol. The summed E-state index contributed by atoms with van der Waals surface area (Å²) >= 11 is 1.51. The number of aliphatic carboxylic acids is 1. The van der Waals surface area contributed by atoms with Gasteiger partial charge >= 0.3 is 5.97 Å². The van der Waals surface area contributed by atoms with E-state index in [1.807, 2.05) is 54.6 Å². The predicted octanol–water partition coefficient (Wildman–Crippen LogP) is 3.46. The van der Waals surface area contributed by atoms with Gasteiger partial charge in [-0.05, 0) is 24.3 Å². The second-order valence-corrected chi connectivity index (χ2v) is 6.60. The first-order valence-corrected chi connectivity index (χ1v) is 8.34. The molecule has 0 aromatic heterocycles. The molecule has 0 radical (unpaired) electrons. The molecule has 0 fully saturated rings. The van der Waals surface area contributed by atoms with Gasteiger partial charge in [-0.25, -0.2) is 0 Å². The molecule has 120 valence electrons. The van der Waals surface area contributed by atoms with Crippen molar-refractivity contribution >= 4 is 29.1 Å². The van der Waals surface area contributed by atoms with Crippen molar-refractivity contribution in [2.45, 2.75) is 11.4 Å². The van der Waals surface area contributed by atoms with Crippen LogP contribution in [-0.4, -0.2) is 28.4 Å². The van der Waals surface area contributed by atoms with Crippen molar-refractivity contribution < 1.29 is 14.6 Å². The monoisotopic (exact) mass is 330 g/mol. The molecule has 0 bridgehead atoms. The summed E-state index contributed by atoms with van der Waals surface area (Å²) in [7, 11) is 0. The van der Waals surface area contributed by atoms with Gasteiger partial charge in [-0.1, -0.05) is 30.3 Å². The number of fused-ring (bicyclic) bond motifs is 1. The molecule has 1 heterocycles. The highest BCUT2D eigenvalue weighted by atomic mass is 32.2. The Morgan fingerprint density at radius 3 is 2.26 bits per heavy atom. The molecule has 3 rings (SSSR count). The molecule has 0 saturated heterocycles. The third-order valence-electron chi connectivity index (χ3n) is 3.44. The minimum absolute atomic E-state index is 0.0301. The zero-order valence-corrected chi connectivity index (χ0v) is 13.3. The van der Waals surface area contributed by atoms with E-state index in [0.717, 1.165) is 17.1 Å². The fraction of sp³-hybridized carbons (Fsp3) is 0.235. The van der Waals surface area contributed by atoms with Crippen LogP contribution in [0.25, 0.3) is 0 Å². The van der Waals surface area contributed by atoms with Crippen molar-refractivity contribution in [3.63, 3.8) is 0 Å². The lowest BCUT2D eigenvalue weighted by Crippen LogP contribution is -2.41. The lowest BCUT2D eigenvalue weighted by molar-refractivity contribution is -0.137. The summed E-state index contributed by atoms with van der Waals surface area (Å²) < 4.78 is 5.67. The molecule has 6 heteroatoms. The van der Waals surface area contributed by atoms with Crippen LogP contribution in [0.1, 0.15) is 6.42 Å². The van der Waals surface area contributed by atoms with Gasteiger partial charge in [0.1, 0.15) is 5.75 Å². The molecule has 0 spiro atoms. The molecule has 3 N–H and O–H groups in total. The van der Waals surface area contributed by atoms with Gasteiger partial charge in [0, 0.05) is 5.75 Å². The van der Waals surface area contributed by atoms with Crippen LogP contribution in [0.15, 0.2) is 54.6 Å². The van der Waals surface area contributed by atoms with Crippen molar-refractivity contribution in [2.24, 2.45) is 0 Å². The van der Waals surface area contributed by atoms with Crippen molar-refractivity contribution in [3.05, 3.63) is 54.6 Å². The maximum Gasteiger partial charge on any atom is 0.308 e. The van der Waals surface area contributed by atoms with Crippen LogP contribution in [0.2, 0.25) is 0 Å². The molecule has 1 aliphatic rings. The Hall–Kier alpha value is -2.34. The van der Waals surface area contributed by atoms with Crippen molar-refractivity contribution in [1.29, 1.82) is 0 Å². The van der Waals surface area contributed by atoms with Gasteiger partial charge in [-0.2, -0.15) is 0 Å². The van der Waals surface area contributed by atoms with Crippen LogP contribution in [-0.2, 0) is 4.79 Å². The number of ether oxygens (including phenoxy) is 1. The fourth-order valence-corrected chi connectivity index (χ4v) is 3.59. The van der Waals surface area contributed by atoms with E-state index in [0.29, 0.717) is 12.4 Å². The molecule has 2 aromatic rings. The highest BCUT2D eigenvalue weighted by Crippen LogP contribution is 2.41. The van der Waals surface area contributed by atoms with E-state index >= 15 is 0 Å². The lowest BCUT2D eigenvalue weighted by atomic mass is 10.3. The number of hydrogen-bond acceptors (Lipinski definition) is 5. The first-order chi connectivity index (χ1) is 11.2. The molecule has 23 heavy (non-hydrogen) atoms. The summed E-state index contributed by atoms with van der Waals surface area (Å²) in [5.74, 6) is 0.626. The van der Waals surface area contributed by atoms with Gasteiger partial charge in [0.2, 0.25) is 0 Å². The Labute approximate surface area is 139 Å². The van der Waals surface area contributed by atoms with Crippen molar-refractivity contribution in [3.8, 4) is 5.75 Å². The largest absolute Gasteiger partial charge is 0.493 e. The third kappa shape index (κ3) is 3.90. The standard InChI is InChI=1S/C17H18N2O3S/c20-16(21)12-17(18-14-8-4-5-9-15(14)19-17)23-11-10-22-13-6-2-1-3-7-13/h1-9,18-19H,10-12H2,(H,20,21). The summed E-state index contributed by atoms with van der Waals surface area (Å²) in [6, 6.07) is 17.3. The van der Waals surface area contributed by atoms with E-state index in [-0.39, 0.29) is 6.42 Å². The maximum absolute atomic E-state index is 11.2. The SMILES string of the molecule is O=C(O)CC1(SCCOc2ccccc2)Nc2ccccc2N1. The Balaban J connectivity index is 1.59. The summed E-state index contributed by atoms with van der Waals surface area (Å²) in [4.78, 5) is 10.5. The van der Waals surface area contributed by atoms with Gasteiger partial charge in [0.25, 0.3) is 0 Å². The number of carboxylic acids is 1. The van der Waals surface area contributed by atoms with Crippen LogP contribution in [0, 0.1) is 0 Å². The number of nitrogens with one attached hydrogen (secondary N) is 2. The Kier molecular flexibility index (Phi) is 4.62. The summed E-state index contributed by atoms with van der Waals surface area (Å²) in [5.41, 5.74) is 1.84. The Bertz CT molecular complexity index is 654. The fourth-order valence-electron chi connectivity index (χ4n) is 2.48. The van der Waals surface area contributed by atoms with Crippen LogP contribution in [0.5, 0.6) is 5.75 Å². The minimum atomic E-state index is -0.853. The average molecular weight is 330 g/mol. The van der Waals surface area contributed by atoms with E-state index in [9.17, 15) is 9.90 Å². The van der Waals surface area contributed by atoms with Gasteiger partial charge in [0.15, 0.2) is 4.99 Å². The molecule has 0 saturated carbocycles. The quantitative estimate of drug-likeness (QED) is 0.675. The minimum Gasteiger partial charge on any atom is -0.493 e. The van der Waals surface area contributed by atoms with Gasteiger partial charge < -0.3 is 20.5 Å². The van der Waals surface area contributed by atoms with Crippen molar-refractivity contribution in [2.75, 3.05) is 23.0 Å². The molecule has 1 aliphatic heterocycles. The van der Waals surface area contributed by atoms with Gasteiger partial charge in [-0.3, -0.25) is 4.79 Å². The lowest BCUT2D eigenvalue weighted by Gasteiger charge is -2.28. The average Bonchev–Trinajstić information content (AvgIpc) is 2.90. The molecular formula is C17H18N2O3S. The molecule has 5 nitrogen and oxygen atoms in total. The molecule has 0 amide bonds. The molecule has 0 unspecified atom stereocenters. The van der Waals surface area contributed by atoms with E-state index in [1.54, 1.807) is 0 Å². The number of para-hydroxylation sites is 3. The summed E-state index contributed by atoms with van der Waals surface area (Å²) in [6.45, 7) is 0.510. The summed E-state index contributed by atoms with van der Waals surface area (Å²) in [6.07, 6.45) is -0.0301. The highest BCUT2D eigenvalue weighted by Gasteiger charge is 2.38. The Morgan fingerprint density at radius 1 is 1.04 bits per heavy atom. The van der Waals surface area contributed by atoms with Crippen molar-refractivity contribution in [1.82, 2.24) is 0 Å². The van der Waals surface area contributed by atoms with E-state index in [4.69, 9.17) is 4.74 Å². The van der Waals surface area contributed by atoms with Crippen LogP contribution >= 0.6 is 11.8 Å². The second-order valence-electron chi connectivity index (χ2n) is 5.20. The summed E-state index contributed by atoms with van der Waals surface area (Å²) in [5, 5.41) is 15.8. The number of thioether (sulfide) groups is 1. The van der Waals surface area contributed by atoms with Crippen LogP contribution < -0.4 is 15.4 Å². The second kappa shape index (κ2) is 6.83. The highest BCUT2D eigenvalue weighted by molar-refractivity contribution is 8.00.